The largest absolute Gasteiger partial charge is 0.436 e. The highest BCUT2D eigenvalue weighted by Crippen LogP contribution is 2.34. The number of aryl methyl sites for hydroxylation is 1. The molecule has 3 rings (SSSR count). The fraction of sp³-hybridized carbons (Fsp3) is 0.0625. The van der Waals surface area contributed by atoms with Gasteiger partial charge in [0.05, 0.1) is 5.69 Å². The Morgan fingerprint density at radius 1 is 1.05 bits per heavy atom. The molecule has 0 spiro atoms. The summed E-state index contributed by atoms with van der Waals surface area (Å²) in [4.78, 5) is 4.32. The van der Waals surface area contributed by atoms with Crippen LogP contribution in [0.5, 0.6) is 11.6 Å². The Morgan fingerprint density at radius 3 is 2.70 bits per heavy atom. The number of anilines is 1. The molecule has 0 unspecified atom stereocenters. The van der Waals surface area contributed by atoms with E-state index in [-0.39, 0.29) is 0 Å². The molecular weight excluding hydrogens is 316 g/mol. The third-order valence-corrected chi connectivity index (χ3v) is 3.90. The Labute approximate surface area is 125 Å². The van der Waals surface area contributed by atoms with Gasteiger partial charge in [-0.25, -0.2) is 4.98 Å². The monoisotopic (exact) mass is 328 g/mol. The van der Waals surface area contributed by atoms with Crippen LogP contribution in [0.25, 0.3) is 10.8 Å². The zero-order chi connectivity index (χ0) is 14.1. The lowest BCUT2D eigenvalue weighted by Crippen LogP contribution is -1.96. The normalized spacial score (nSPS) is 10.7. The van der Waals surface area contributed by atoms with E-state index in [9.17, 15) is 0 Å². The number of aromatic nitrogens is 1. The number of hydrogen-bond acceptors (Lipinski definition) is 3. The maximum absolute atomic E-state index is 6.04. The van der Waals surface area contributed by atoms with E-state index in [4.69, 9.17) is 10.5 Å². The molecule has 2 N–H and O–H groups in total. The first-order valence-electron chi connectivity index (χ1n) is 6.23. The second-order valence-corrected chi connectivity index (χ2v) is 5.39. The number of hydrogen-bond donors (Lipinski definition) is 1. The molecule has 1 aromatic heterocycles. The Kier molecular flexibility index (Phi) is 3.32. The van der Waals surface area contributed by atoms with Crippen molar-refractivity contribution in [1.82, 2.24) is 4.98 Å². The van der Waals surface area contributed by atoms with Crippen LogP contribution in [-0.4, -0.2) is 4.98 Å². The van der Waals surface area contributed by atoms with Crippen molar-refractivity contribution in [2.45, 2.75) is 6.92 Å². The highest BCUT2D eigenvalue weighted by Gasteiger charge is 2.09. The quantitative estimate of drug-likeness (QED) is 0.695. The van der Waals surface area contributed by atoms with E-state index in [1.807, 2.05) is 49.4 Å². The van der Waals surface area contributed by atoms with Crippen LogP contribution in [-0.2, 0) is 0 Å². The van der Waals surface area contributed by atoms with E-state index in [0.717, 1.165) is 20.8 Å². The summed E-state index contributed by atoms with van der Waals surface area (Å²) in [6.07, 6.45) is 1.73. The van der Waals surface area contributed by atoms with Crippen molar-refractivity contribution in [3.05, 3.63) is 58.7 Å². The first-order valence-corrected chi connectivity index (χ1v) is 7.02. The second kappa shape index (κ2) is 5.13. The topological polar surface area (TPSA) is 48.1 Å². The summed E-state index contributed by atoms with van der Waals surface area (Å²) in [5.41, 5.74) is 7.67. The zero-order valence-corrected chi connectivity index (χ0v) is 12.5. The van der Waals surface area contributed by atoms with Crippen molar-refractivity contribution in [3.63, 3.8) is 0 Å². The van der Waals surface area contributed by atoms with Crippen LogP contribution >= 0.6 is 15.9 Å². The highest BCUT2D eigenvalue weighted by atomic mass is 79.9. The summed E-state index contributed by atoms with van der Waals surface area (Å²) < 4.78 is 6.91. The number of pyridine rings is 1. The van der Waals surface area contributed by atoms with Crippen LogP contribution in [0.2, 0.25) is 0 Å². The third-order valence-electron chi connectivity index (χ3n) is 3.21. The average Bonchev–Trinajstić information content (AvgIpc) is 2.45. The van der Waals surface area contributed by atoms with Crippen molar-refractivity contribution in [3.8, 4) is 11.6 Å². The average molecular weight is 329 g/mol. The van der Waals surface area contributed by atoms with Gasteiger partial charge in [0, 0.05) is 21.4 Å². The molecule has 1 heterocycles. The Balaban J connectivity index is 2.12. The molecule has 0 saturated heterocycles. The van der Waals surface area contributed by atoms with Gasteiger partial charge in [-0.3, -0.25) is 0 Å². The molecule has 3 aromatic rings. The zero-order valence-electron chi connectivity index (χ0n) is 10.9. The van der Waals surface area contributed by atoms with Crippen LogP contribution < -0.4 is 10.5 Å². The molecule has 4 heteroatoms. The molecule has 0 aliphatic carbocycles. The van der Waals surface area contributed by atoms with Gasteiger partial charge in [-0.2, -0.15) is 0 Å². The lowest BCUT2D eigenvalue weighted by molar-refractivity contribution is 0.471. The van der Waals surface area contributed by atoms with Crippen LogP contribution in [0, 0.1) is 6.92 Å². The van der Waals surface area contributed by atoms with Crippen LogP contribution in [0.15, 0.2) is 53.1 Å². The van der Waals surface area contributed by atoms with Crippen LogP contribution in [0.1, 0.15) is 5.56 Å². The lowest BCUT2D eigenvalue weighted by atomic mass is 10.1. The number of ether oxygens (including phenoxy) is 1. The summed E-state index contributed by atoms with van der Waals surface area (Å²) in [6, 6.07) is 13.6. The molecular formula is C16H13BrN2O. The maximum atomic E-state index is 6.04. The molecule has 2 aromatic carbocycles. The predicted molar refractivity (Wildman–Crippen MR) is 85.1 cm³/mol. The second-order valence-electron chi connectivity index (χ2n) is 4.54. The van der Waals surface area contributed by atoms with Crippen molar-refractivity contribution in [2.75, 3.05) is 5.73 Å². The molecule has 20 heavy (non-hydrogen) atoms. The summed E-state index contributed by atoms with van der Waals surface area (Å²) in [5, 5.41) is 2.01. The highest BCUT2D eigenvalue weighted by molar-refractivity contribution is 9.10. The molecule has 0 aliphatic rings. The van der Waals surface area contributed by atoms with Crippen molar-refractivity contribution >= 4 is 32.4 Å². The number of nitrogen functional groups attached to an aromatic ring is 1. The van der Waals surface area contributed by atoms with Crippen molar-refractivity contribution in [2.24, 2.45) is 0 Å². The van der Waals surface area contributed by atoms with Crippen LogP contribution in [0.4, 0.5) is 5.69 Å². The van der Waals surface area contributed by atoms with Crippen molar-refractivity contribution in [1.29, 1.82) is 0 Å². The molecule has 0 bridgehead atoms. The first-order chi connectivity index (χ1) is 9.66. The number of nitrogens with two attached hydrogens (primary N) is 1. The minimum absolute atomic E-state index is 0.557. The number of nitrogens with zero attached hydrogens (tertiary/aromatic N) is 1. The van der Waals surface area contributed by atoms with Gasteiger partial charge in [0.25, 0.3) is 0 Å². The summed E-state index contributed by atoms with van der Waals surface area (Å²) in [7, 11) is 0. The number of fused-ring (bicyclic) bond motifs is 1. The van der Waals surface area contributed by atoms with E-state index in [1.54, 1.807) is 6.20 Å². The van der Waals surface area contributed by atoms with Crippen LogP contribution in [0.3, 0.4) is 0 Å². The van der Waals surface area contributed by atoms with Gasteiger partial charge < -0.3 is 10.5 Å². The number of para-hydroxylation sites is 1. The fourth-order valence-electron chi connectivity index (χ4n) is 2.07. The summed E-state index contributed by atoms with van der Waals surface area (Å²) >= 11 is 3.53. The van der Waals surface area contributed by atoms with E-state index < -0.39 is 0 Å². The molecule has 3 nitrogen and oxygen atoms in total. The molecule has 0 fully saturated rings. The minimum Gasteiger partial charge on any atom is -0.436 e. The van der Waals surface area contributed by atoms with Crippen molar-refractivity contribution < 1.29 is 4.74 Å². The smallest absolute Gasteiger partial charge is 0.227 e. The standard InChI is InChI=1S/C16H13BrN2O/c1-10-4-2-7-14(15(10)18)20-16-12-5-3-6-13(17)11(12)8-9-19-16/h2-9H,18H2,1H3. The fourth-order valence-corrected chi connectivity index (χ4v) is 2.57. The summed E-state index contributed by atoms with van der Waals surface area (Å²) in [5.74, 6) is 1.19. The minimum atomic E-state index is 0.557. The number of rotatable bonds is 2. The molecule has 0 aliphatic heterocycles. The Bertz CT molecular complexity index is 787. The van der Waals surface area contributed by atoms with Gasteiger partial charge in [-0.15, -0.1) is 0 Å². The first kappa shape index (κ1) is 12.9. The van der Waals surface area contributed by atoms with Gasteiger partial charge >= 0.3 is 0 Å². The SMILES string of the molecule is Cc1cccc(Oc2nccc3c(Br)cccc23)c1N. The lowest BCUT2D eigenvalue weighted by Gasteiger charge is -2.11. The third kappa shape index (κ3) is 2.23. The van der Waals surface area contributed by atoms with Gasteiger partial charge in [-0.05, 0) is 36.8 Å². The van der Waals surface area contributed by atoms with E-state index in [2.05, 4.69) is 20.9 Å². The molecule has 0 amide bonds. The predicted octanol–water partition coefficient (Wildman–Crippen LogP) is 4.68. The molecule has 0 saturated carbocycles. The molecule has 0 atom stereocenters. The Morgan fingerprint density at radius 2 is 1.85 bits per heavy atom. The maximum Gasteiger partial charge on any atom is 0.227 e. The van der Waals surface area contributed by atoms with Gasteiger partial charge in [0.1, 0.15) is 0 Å². The van der Waals surface area contributed by atoms with E-state index in [0.29, 0.717) is 17.3 Å². The van der Waals surface area contributed by atoms with Gasteiger partial charge in [-0.1, -0.05) is 34.1 Å². The van der Waals surface area contributed by atoms with E-state index >= 15 is 0 Å². The number of halogens is 1. The molecule has 0 radical (unpaired) electrons. The Hall–Kier alpha value is -2.07. The van der Waals surface area contributed by atoms with Gasteiger partial charge in [0.15, 0.2) is 5.75 Å². The van der Waals surface area contributed by atoms with Gasteiger partial charge in [0.2, 0.25) is 5.88 Å². The van der Waals surface area contributed by atoms with E-state index in [1.165, 1.54) is 0 Å². The summed E-state index contributed by atoms with van der Waals surface area (Å²) in [6.45, 7) is 1.95. The number of benzene rings is 2. The molecule has 100 valence electrons.